The van der Waals surface area contributed by atoms with Crippen LogP contribution in [-0.4, -0.2) is 11.2 Å². The van der Waals surface area contributed by atoms with E-state index in [2.05, 4.69) is 20.9 Å². The van der Waals surface area contributed by atoms with Crippen molar-refractivity contribution < 1.29 is 13.2 Å². The summed E-state index contributed by atoms with van der Waals surface area (Å²) in [6.07, 6.45) is -5.33. The van der Waals surface area contributed by atoms with Gasteiger partial charge in [0.25, 0.3) is 0 Å². The van der Waals surface area contributed by atoms with Gasteiger partial charge in [0.2, 0.25) is 0 Å². The standard InChI is InChI=1S/C7H6BrF3N2/c8-4-1-2-6(12)13-5(4)3-7(9,10)11/h1-2H,3H2,(H2,12,13). The molecule has 0 radical (unpaired) electrons. The quantitative estimate of drug-likeness (QED) is 0.837. The van der Waals surface area contributed by atoms with Crippen LogP contribution < -0.4 is 5.73 Å². The minimum absolute atomic E-state index is 0.0856. The van der Waals surface area contributed by atoms with Crippen LogP contribution in [0.4, 0.5) is 19.0 Å². The van der Waals surface area contributed by atoms with Crippen molar-refractivity contribution in [3.8, 4) is 0 Å². The molecule has 0 aliphatic carbocycles. The number of hydrogen-bond donors (Lipinski definition) is 1. The zero-order chi connectivity index (χ0) is 10.1. The van der Waals surface area contributed by atoms with Gasteiger partial charge in [0.1, 0.15) is 5.82 Å². The molecule has 1 aromatic heterocycles. The fourth-order valence-corrected chi connectivity index (χ4v) is 1.18. The van der Waals surface area contributed by atoms with Crippen LogP contribution in [0, 0.1) is 0 Å². The molecule has 72 valence electrons. The van der Waals surface area contributed by atoms with Crippen molar-refractivity contribution in [1.82, 2.24) is 4.98 Å². The first-order valence-electron chi connectivity index (χ1n) is 3.36. The highest BCUT2D eigenvalue weighted by molar-refractivity contribution is 9.10. The number of alkyl halides is 3. The van der Waals surface area contributed by atoms with Crippen LogP contribution in [0.2, 0.25) is 0 Å². The first-order valence-corrected chi connectivity index (χ1v) is 4.15. The van der Waals surface area contributed by atoms with E-state index < -0.39 is 12.6 Å². The molecule has 1 heterocycles. The van der Waals surface area contributed by atoms with Gasteiger partial charge >= 0.3 is 6.18 Å². The molecule has 1 rings (SSSR count). The molecule has 0 saturated carbocycles. The lowest BCUT2D eigenvalue weighted by molar-refractivity contribution is -0.127. The lowest BCUT2D eigenvalue weighted by Crippen LogP contribution is -2.13. The molecule has 0 amide bonds. The Balaban J connectivity index is 2.94. The maximum atomic E-state index is 12.0. The van der Waals surface area contributed by atoms with E-state index in [0.29, 0.717) is 4.47 Å². The fourth-order valence-electron chi connectivity index (χ4n) is 0.815. The second kappa shape index (κ2) is 3.53. The Morgan fingerprint density at radius 1 is 1.38 bits per heavy atom. The van der Waals surface area contributed by atoms with E-state index in [-0.39, 0.29) is 11.5 Å². The number of halogens is 4. The van der Waals surface area contributed by atoms with E-state index in [1.165, 1.54) is 12.1 Å². The Kier molecular flexibility index (Phi) is 2.80. The van der Waals surface area contributed by atoms with E-state index in [0.717, 1.165) is 0 Å². The SMILES string of the molecule is Nc1ccc(Br)c(CC(F)(F)F)n1. The summed E-state index contributed by atoms with van der Waals surface area (Å²) in [7, 11) is 0. The molecule has 1 aromatic rings. The highest BCUT2D eigenvalue weighted by Gasteiger charge is 2.29. The summed E-state index contributed by atoms with van der Waals surface area (Å²) < 4.78 is 36.2. The van der Waals surface area contributed by atoms with Gasteiger partial charge in [-0.3, -0.25) is 0 Å². The number of aromatic nitrogens is 1. The van der Waals surface area contributed by atoms with Gasteiger partial charge in [-0.05, 0) is 28.1 Å². The Hall–Kier alpha value is -0.780. The Morgan fingerprint density at radius 3 is 2.54 bits per heavy atom. The van der Waals surface area contributed by atoms with Gasteiger partial charge in [0.05, 0.1) is 12.1 Å². The van der Waals surface area contributed by atoms with Crippen molar-refractivity contribution in [2.75, 3.05) is 5.73 Å². The molecule has 6 heteroatoms. The largest absolute Gasteiger partial charge is 0.394 e. The second-order valence-electron chi connectivity index (χ2n) is 2.46. The fraction of sp³-hybridized carbons (Fsp3) is 0.286. The maximum Gasteiger partial charge on any atom is 0.394 e. The van der Waals surface area contributed by atoms with Crippen LogP contribution in [-0.2, 0) is 6.42 Å². The molecule has 0 unspecified atom stereocenters. The molecule has 0 spiro atoms. The van der Waals surface area contributed by atoms with Crippen LogP contribution in [0.1, 0.15) is 5.69 Å². The average molecular weight is 255 g/mol. The van der Waals surface area contributed by atoms with Gasteiger partial charge in [-0.15, -0.1) is 0 Å². The molecule has 0 atom stereocenters. The monoisotopic (exact) mass is 254 g/mol. The van der Waals surface area contributed by atoms with Gasteiger partial charge < -0.3 is 5.73 Å². The number of pyridine rings is 1. The van der Waals surface area contributed by atoms with E-state index in [4.69, 9.17) is 5.73 Å². The highest BCUT2D eigenvalue weighted by atomic mass is 79.9. The third kappa shape index (κ3) is 3.22. The van der Waals surface area contributed by atoms with Gasteiger partial charge in [-0.25, -0.2) is 4.98 Å². The van der Waals surface area contributed by atoms with E-state index in [9.17, 15) is 13.2 Å². The van der Waals surface area contributed by atoms with Crippen molar-refractivity contribution in [2.24, 2.45) is 0 Å². The molecular weight excluding hydrogens is 249 g/mol. The van der Waals surface area contributed by atoms with Crippen molar-refractivity contribution in [1.29, 1.82) is 0 Å². The molecule has 0 fully saturated rings. The summed E-state index contributed by atoms with van der Waals surface area (Å²) in [6.45, 7) is 0. The zero-order valence-electron chi connectivity index (χ0n) is 6.40. The molecule has 0 aliphatic heterocycles. The highest BCUT2D eigenvalue weighted by Crippen LogP contribution is 2.25. The number of rotatable bonds is 1. The predicted molar refractivity (Wildman–Crippen MR) is 46.1 cm³/mol. The normalized spacial score (nSPS) is 11.7. The van der Waals surface area contributed by atoms with Crippen molar-refractivity contribution in [2.45, 2.75) is 12.6 Å². The summed E-state index contributed by atoms with van der Waals surface area (Å²) in [5.74, 6) is 0.0856. The topological polar surface area (TPSA) is 38.9 Å². The van der Waals surface area contributed by atoms with Gasteiger partial charge in [0.15, 0.2) is 0 Å². The summed E-state index contributed by atoms with van der Waals surface area (Å²) in [4.78, 5) is 3.57. The third-order valence-corrected chi connectivity index (χ3v) is 2.03. The predicted octanol–water partition coefficient (Wildman–Crippen LogP) is 2.53. The van der Waals surface area contributed by atoms with E-state index in [1.807, 2.05) is 0 Å². The van der Waals surface area contributed by atoms with Crippen molar-refractivity contribution in [3.05, 3.63) is 22.3 Å². The van der Waals surface area contributed by atoms with Crippen LogP contribution in [0.5, 0.6) is 0 Å². The first kappa shape index (κ1) is 10.3. The van der Waals surface area contributed by atoms with Crippen LogP contribution in [0.25, 0.3) is 0 Å². The third-order valence-electron chi connectivity index (χ3n) is 1.31. The maximum absolute atomic E-state index is 12.0. The lowest BCUT2D eigenvalue weighted by Gasteiger charge is -2.07. The smallest absolute Gasteiger partial charge is 0.384 e. The Labute approximate surface area is 81.1 Å². The van der Waals surface area contributed by atoms with Gasteiger partial charge in [-0.2, -0.15) is 13.2 Å². The Morgan fingerprint density at radius 2 is 2.00 bits per heavy atom. The molecule has 0 aliphatic rings. The molecule has 0 aromatic carbocycles. The molecule has 2 N–H and O–H groups in total. The Bertz CT molecular complexity index is 311. The van der Waals surface area contributed by atoms with Crippen LogP contribution in [0.15, 0.2) is 16.6 Å². The van der Waals surface area contributed by atoms with Gasteiger partial charge in [0, 0.05) is 4.47 Å². The molecule has 0 saturated heterocycles. The molecular formula is C7H6BrF3N2. The first-order chi connectivity index (χ1) is 5.88. The zero-order valence-corrected chi connectivity index (χ0v) is 7.98. The minimum Gasteiger partial charge on any atom is -0.384 e. The van der Waals surface area contributed by atoms with E-state index in [1.54, 1.807) is 0 Å². The molecule has 2 nitrogen and oxygen atoms in total. The minimum atomic E-state index is -4.26. The number of nitrogens with zero attached hydrogens (tertiary/aromatic N) is 1. The van der Waals surface area contributed by atoms with Crippen molar-refractivity contribution in [3.63, 3.8) is 0 Å². The lowest BCUT2D eigenvalue weighted by atomic mass is 10.2. The van der Waals surface area contributed by atoms with E-state index >= 15 is 0 Å². The molecule has 0 bridgehead atoms. The number of nitrogens with two attached hydrogens (primary N) is 1. The summed E-state index contributed by atoms with van der Waals surface area (Å²) in [6, 6.07) is 2.88. The summed E-state index contributed by atoms with van der Waals surface area (Å²) in [5, 5.41) is 0. The van der Waals surface area contributed by atoms with Crippen molar-refractivity contribution >= 4 is 21.7 Å². The summed E-state index contributed by atoms with van der Waals surface area (Å²) in [5.41, 5.74) is 5.16. The average Bonchev–Trinajstić information content (AvgIpc) is 1.94. The summed E-state index contributed by atoms with van der Waals surface area (Å²) >= 11 is 2.97. The number of nitrogen functional groups attached to an aromatic ring is 1. The molecule has 13 heavy (non-hydrogen) atoms. The van der Waals surface area contributed by atoms with Gasteiger partial charge in [-0.1, -0.05) is 0 Å². The number of hydrogen-bond acceptors (Lipinski definition) is 2. The number of anilines is 1. The van der Waals surface area contributed by atoms with Crippen LogP contribution in [0.3, 0.4) is 0 Å². The van der Waals surface area contributed by atoms with Crippen LogP contribution >= 0.6 is 15.9 Å². The second-order valence-corrected chi connectivity index (χ2v) is 3.31.